The van der Waals surface area contributed by atoms with Crippen molar-refractivity contribution in [2.24, 2.45) is 5.92 Å². The largest absolute Gasteiger partial charge is 0.467 e. The molecule has 3 aromatic rings. The fraction of sp³-hybridized carbons (Fsp3) is 0.238. The van der Waals surface area contributed by atoms with Crippen LogP contribution in [0.5, 0.6) is 0 Å². The van der Waals surface area contributed by atoms with Crippen molar-refractivity contribution >= 4 is 28.8 Å². The number of benzene rings is 1. The first-order valence-electron chi connectivity index (χ1n) is 8.89. The molecule has 2 amide bonds. The smallest absolute Gasteiger partial charge is 0.228 e. The number of amides is 2. The van der Waals surface area contributed by atoms with Gasteiger partial charge in [0.05, 0.1) is 25.3 Å². The van der Waals surface area contributed by atoms with E-state index in [1.807, 2.05) is 60.0 Å². The van der Waals surface area contributed by atoms with Crippen LogP contribution in [0.15, 0.2) is 70.7 Å². The van der Waals surface area contributed by atoms with E-state index < -0.39 is 0 Å². The summed E-state index contributed by atoms with van der Waals surface area (Å²) in [6.45, 7) is 1.34. The number of anilines is 1. The standard InChI is InChI=1S/C21H20N2O3S/c24-20-12-16(13-23(20)17-6-2-1-3-7-17)21(25)22(14-18-8-4-10-26-18)15-19-9-5-11-27-19/h1-11,16H,12-15H2. The van der Waals surface area contributed by atoms with E-state index in [0.29, 0.717) is 19.6 Å². The zero-order chi connectivity index (χ0) is 18.6. The van der Waals surface area contributed by atoms with E-state index >= 15 is 0 Å². The quantitative estimate of drug-likeness (QED) is 0.651. The summed E-state index contributed by atoms with van der Waals surface area (Å²) in [5.41, 5.74) is 0.841. The summed E-state index contributed by atoms with van der Waals surface area (Å²) in [7, 11) is 0. The topological polar surface area (TPSA) is 53.8 Å². The minimum atomic E-state index is -0.340. The molecule has 1 saturated heterocycles. The number of hydrogen-bond donors (Lipinski definition) is 0. The lowest BCUT2D eigenvalue weighted by Crippen LogP contribution is -2.36. The van der Waals surface area contributed by atoms with Crippen LogP contribution in [0.3, 0.4) is 0 Å². The molecule has 0 aliphatic carbocycles. The summed E-state index contributed by atoms with van der Waals surface area (Å²) in [6.07, 6.45) is 1.85. The molecule has 27 heavy (non-hydrogen) atoms. The van der Waals surface area contributed by atoms with Crippen molar-refractivity contribution < 1.29 is 14.0 Å². The lowest BCUT2D eigenvalue weighted by Gasteiger charge is -2.24. The lowest BCUT2D eigenvalue weighted by atomic mass is 10.1. The van der Waals surface area contributed by atoms with Gasteiger partial charge in [0.1, 0.15) is 5.76 Å². The van der Waals surface area contributed by atoms with Gasteiger partial charge in [-0.2, -0.15) is 0 Å². The Labute approximate surface area is 161 Å². The second-order valence-corrected chi connectivity index (χ2v) is 7.63. The maximum atomic E-state index is 13.2. The van der Waals surface area contributed by atoms with Crippen LogP contribution in [0.4, 0.5) is 5.69 Å². The Morgan fingerprint density at radius 1 is 1.11 bits per heavy atom. The maximum absolute atomic E-state index is 13.2. The van der Waals surface area contributed by atoms with E-state index in [0.717, 1.165) is 16.3 Å². The average Bonchev–Trinajstić information content (AvgIpc) is 3.44. The highest BCUT2D eigenvalue weighted by molar-refractivity contribution is 7.09. The van der Waals surface area contributed by atoms with Crippen molar-refractivity contribution in [3.63, 3.8) is 0 Å². The van der Waals surface area contributed by atoms with Gasteiger partial charge in [-0.25, -0.2) is 0 Å². The molecule has 1 atom stereocenters. The molecule has 138 valence electrons. The fourth-order valence-corrected chi connectivity index (χ4v) is 4.10. The van der Waals surface area contributed by atoms with Crippen LogP contribution in [0, 0.1) is 5.92 Å². The van der Waals surface area contributed by atoms with Gasteiger partial charge in [-0.05, 0) is 35.7 Å². The number of rotatable bonds is 6. The molecule has 1 aliphatic rings. The number of furan rings is 1. The monoisotopic (exact) mass is 380 g/mol. The first kappa shape index (κ1) is 17.5. The van der Waals surface area contributed by atoms with Crippen LogP contribution in [-0.4, -0.2) is 23.3 Å². The van der Waals surface area contributed by atoms with E-state index in [-0.39, 0.29) is 24.2 Å². The molecule has 1 aliphatic heterocycles. The van der Waals surface area contributed by atoms with Gasteiger partial charge in [-0.1, -0.05) is 24.3 Å². The SMILES string of the molecule is O=C(C1CC(=O)N(c2ccccc2)C1)N(Cc1ccco1)Cc1cccs1. The highest BCUT2D eigenvalue weighted by atomic mass is 32.1. The minimum absolute atomic E-state index is 0.00591. The van der Waals surface area contributed by atoms with Crippen LogP contribution in [0.25, 0.3) is 0 Å². The van der Waals surface area contributed by atoms with Gasteiger partial charge in [-0.15, -0.1) is 11.3 Å². The molecule has 3 heterocycles. The van der Waals surface area contributed by atoms with Crippen molar-refractivity contribution in [2.45, 2.75) is 19.5 Å². The third-order valence-electron chi connectivity index (χ3n) is 4.71. The van der Waals surface area contributed by atoms with Gasteiger partial charge in [0.15, 0.2) is 0 Å². The van der Waals surface area contributed by atoms with Crippen LogP contribution in [0.1, 0.15) is 17.1 Å². The molecule has 1 unspecified atom stereocenters. The third kappa shape index (κ3) is 3.95. The predicted molar refractivity (Wildman–Crippen MR) is 104 cm³/mol. The van der Waals surface area contributed by atoms with Crippen molar-refractivity contribution in [3.8, 4) is 0 Å². The average molecular weight is 380 g/mol. The first-order chi connectivity index (χ1) is 13.2. The summed E-state index contributed by atoms with van der Waals surface area (Å²) in [5.74, 6) is 0.386. The zero-order valence-electron chi connectivity index (χ0n) is 14.8. The van der Waals surface area contributed by atoms with Crippen LogP contribution in [-0.2, 0) is 22.7 Å². The number of thiophene rings is 1. The van der Waals surface area contributed by atoms with Crippen LogP contribution >= 0.6 is 11.3 Å². The number of para-hydroxylation sites is 1. The maximum Gasteiger partial charge on any atom is 0.228 e. The van der Waals surface area contributed by atoms with Gasteiger partial charge in [-0.3, -0.25) is 9.59 Å². The van der Waals surface area contributed by atoms with Crippen molar-refractivity contribution in [1.29, 1.82) is 0 Å². The molecule has 2 aromatic heterocycles. The Morgan fingerprint density at radius 3 is 2.67 bits per heavy atom. The number of hydrogen-bond acceptors (Lipinski definition) is 4. The molecule has 4 rings (SSSR count). The van der Waals surface area contributed by atoms with Gasteiger partial charge < -0.3 is 14.2 Å². The molecule has 0 N–H and O–H groups in total. The van der Waals surface area contributed by atoms with E-state index in [4.69, 9.17) is 4.42 Å². The molecule has 6 heteroatoms. The van der Waals surface area contributed by atoms with Crippen molar-refractivity contribution in [3.05, 3.63) is 76.9 Å². The normalized spacial score (nSPS) is 16.7. The van der Waals surface area contributed by atoms with Gasteiger partial charge in [0, 0.05) is 23.5 Å². The summed E-state index contributed by atoms with van der Waals surface area (Å²) >= 11 is 1.62. The Bertz CT molecular complexity index is 855. The van der Waals surface area contributed by atoms with Crippen molar-refractivity contribution in [2.75, 3.05) is 11.4 Å². The Morgan fingerprint density at radius 2 is 1.96 bits per heavy atom. The summed E-state index contributed by atoms with van der Waals surface area (Å²) in [5, 5.41) is 2.00. The van der Waals surface area contributed by atoms with E-state index in [1.165, 1.54) is 0 Å². The number of nitrogens with zero attached hydrogens (tertiary/aromatic N) is 2. The summed E-state index contributed by atoms with van der Waals surface area (Å²) < 4.78 is 5.44. The second-order valence-electron chi connectivity index (χ2n) is 6.59. The first-order valence-corrected chi connectivity index (χ1v) is 9.77. The third-order valence-corrected chi connectivity index (χ3v) is 5.57. The lowest BCUT2D eigenvalue weighted by molar-refractivity contribution is -0.137. The second kappa shape index (κ2) is 7.80. The molecular formula is C21H20N2O3S. The number of carbonyl (C=O) groups is 2. The van der Waals surface area contributed by atoms with E-state index in [1.54, 1.807) is 27.4 Å². The Kier molecular flexibility index (Phi) is 5.07. The van der Waals surface area contributed by atoms with Crippen LogP contribution in [0.2, 0.25) is 0 Å². The highest BCUT2D eigenvalue weighted by Gasteiger charge is 2.37. The minimum Gasteiger partial charge on any atom is -0.467 e. The molecule has 0 bridgehead atoms. The molecular weight excluding hydrogens is 360 g/mol. The molecule has 1 aromatic carbocycles. The molecule has 0 saturated carbocycles. The molecule has 0 radical (unpaired) electrons. The zero-order valence-corrected chi connectivity index (χ0v) is 15.6. The molecule has 0 spiro atoms. The van der Waals surface area contributed by atoms with Crippen molar-refractivity contribution in [1.82, 2.24) is 4.90 Å². The molecule has 5 nitrogen and oxygen atoms in total. The summed E-state index contributed by atoms with van der Waals surface area (Å²) in [4.78, 5) is 30.3. The Balaban J connectivity index is 1.51. The van der Waals surface area contributed by atoms with E-state index in [9.17, 15) is 9.59 Å². The molecule has 1 fully saturated rings. The predicted octanol–water partition coefficient (Wildman–Crippen LogP) is 3.92. The van der Waals surface area contributed by atoms with Crippen LogP contribution < -0.4 is 4.90 Å². The Hall–Kier alpha value is -2.86. The van der Waals surface area contributed by atoms with Gasteiger partial charge in [0.2, 0.25) is 11.8 Å². The number of carbonyl (C=O) groups excluding carboxylic acids is 2. The fourth-order valence-electron chi connectivity index (χ4n) is 3.38. The van der Waals surface area contributed by atoms with Gasteiger partial charge >= 0.3 is 0 Å². The summed E-state index contributed by atoms with van der Waals surface area (Å²) in [6, 6.07) is 17.2. The highest BCUT2D eigenvalue weighted by Crippen LogP contribution is 2.27. The van der Waals surface area contributed by atoms with E-state index in [2.05, 4.69) is 0 Å². The van der Waals surface area contributed by atoms with Gasteiger partial charge in [0.25, 0.3) is 0 Å².